The van der Waals surface area contributed by atoms with E-state index < -0.39 is 0 Å². The number of amides is 1. The number of para-hydroxylation sites is 2. The third-order valence-electron chi connectivity index (χ3n) is 4.60. The van der Waals surface area contributed by atoms with E-state index >= 15 is 0 Å². The van der Waals surface area contributed by atoms with Crippen LogP contribution in [0.25, 0.3) is 11.1 Å². The number of hydrogen-bond donors (Lipinski definition) is 1. The van der Waals surface area contributed by atoms with Crippen molar-refractivity contribution in [2.75, 3.05) is 50.8 Å². The van der Waals surface area contributed by atoms with Gasteiger partial charge in [0, 0.05) is 45.2 Å². The SMILES string of the molecule is O=C(CC1COCCN1)N1CCN(c2nc3ccccc3o2)CC1. The van der Waals surface area contributed by atoms with Crippen molar-refractivity contribution in [1.29, 1.82) is 0 Å². The molecule has 0 spiro atoms. The molecule has 4 rings (SSSR count). The van der Waals surface area contributed by atoms with Gasteiger partial charge in [-0.1, -0.05) is 12.1 Å². The van der Waals surface area contributed by atoms with Crippen LogP contribution in [0.1, 0.15) is 6.42 Å². The number of oxazole rings is 1. The van der Waals surface area contributed by atoms with Gasteiger partial charge in [-0.3, -0.25) is 4.79 Å². The molecule has 24 heavy (non-hydrogen) atoms. The Hall–Kier alpha value is -2.12. The molecule has 2 saturated heterocycles. The van der Waals surface area contributed by atoms with Gasteiger partial charge in [-0.25, -0.2) is 0 Å². The molecule has 2 aliphatic heterocycles. The molecule has 0 bridgehead atoms. The van der Waals surface area contributed by atoms with Crippen LogP contribution >= 0.6 is 0 Å². The zero-order chi connectivity index (χ0) is 16.4. The quantitative estimate of drug-likeness (QED) is 0.900. The number of nitrogens with zero attached hydrogens (tertiary/aromatic N) is 3. The normalized spacial score (nSPS) is 22.1. The number of ether oxygens (including phenoxy) is 1. The average Bonchev–Trinajstić information content (AvgIpc) is 3.07. The molecule has 1 unspecified atom stereocenters. The summed E-state index contributed by atoms with van der Waals surface area (Å²) in [4.78, 5) is 21.0. The molecule has 2 fully saturated rings. The van der Waals surface area contributed by atoms with Gasteiger partial charge < -0.3 is 24.3 Å². The van der Waals surface area contributed by atoms with Crippen LogP contribution in [0.3, 0.4) is 0 Å². The molecule has 1 aromatic heterocycles. The Bertz CT molecular complexity index is 670. The number of morpholine rings is 1. The highest BCUT2D eigenvalue weighted by Crippen LogP contribution is 2.22. The third kappa shape index (κ3) is 3.22. The molecule has 1 amide bonds. The van der Waals surface area contributed by atoms with Gasteiger partial charge in [0.2, 0.25) is 5.91 Å². The summed E-state index contributed by atoms with van der Waals surface area (Å²) in [7, 11) is 0. The Labute approximate surface area is 140 Å². The Morgan fingerprint density at radius 3 is 2.83 bits per heavy atom. The van der Waals surface area contributed by atoms with Crippen LogP contribution in [0.4, 0.5) is 6.01 Å². The van der Waals surface area contributed by atoms with Gasteiger partial charge in [-0.15, -0.1) is 0 Å². The highest BCUT2D eigenvalue weighted by atomic mass is 16.5. The fourth-order valence-corrected chi connectivity index (χ4v) is 3.23. The van der Waals surface area contributed by atoms with Crippen molar-refractivity contribution in [3.8, 4) is 0 Å². The fourth-order valence-electron chi connectivity index (χ4n) is 3.23. The zero-order valence-corrected chi connectivity index (χ0v) is 13.6. The van der Waals surface area contributed by atoms with E-state index in [1.807, 2.05) is 29.2 Å². The van der Waals surface area contributed by atoms with E-state index in [1.54, 1.807) is 0 Å². The number of piperazine rings is 1. The summed E-state index contributed by atoms with van der Waals surface area (Å²) in [5.41, 5.74) is 1.67. The van der Waals surface area contributed by atoms with E-state index in [4.69, 9.17) is 9.15 Å². The summed E-state index contributed by atoms with van der Waals surface area (Å²) >= 11 is 0. The van der Waals surface area contributed by atoms with E-state index in [0.29, 0.717) is 32.1 Å². The molecule has 128 valence electrons. The van der Waals surface area contributed by atoms with Crippen LogP contribution in [0.5, 0.6) is 0 Å². The molecular weight excluding hydrogens is 308 g/mol. The minimum absolute atomic E-state index is 0.140. The van der Waals surface area contributed by atoms with E-state index in [-0.39, 0.29) is 11.9 Å². The molecule has 3 heterocycles. The zero-order valence-electron chi connectivity index (χ0n) is 13.6. The van der Waals surface area contributed by atoms with Crippen LogP contribution < -0.4 is 10.2 Å². The van der Waals surface area contributed by atoms with Gasteiger partial charge in [0.15, 0.2) is 5.58 Å². The standard InChI is InChI=1S/C17H22N4O3/c22-16(11-13-12-23-10-5-18-13)20-6-8-21(9-7-20)17-19-14-3-1-2-4-15(14)24-17/h1-4,13,18H,5-12H2. The first-order valence-electron chi connectivity index (χ1n) is 8.49. The first-order chi connectivity index (χ1) is 11.8. The first-order valence-corrected chi connectivity index (χ1v) is 8.49. The second-order valence-electron chi connectivity index (χ2n) is 6.26. The molecule has 0 saturated carbocycles. The van der Waals surface area contributed by atoms with Crippen molar-refractivity contribution in [3.05, 3.63) is 24.3 Å². The Morgan fingerprint density at radius 2 is 2.08 bits per heavy atom. The van der Waals surface area contributed by atoms with Crippen LogP contribution in [0, 0.1) is 0 Å². The molecule has 2 aliphatic rings. The molecule has 7 nitrogen and oxygen atoms in total. The number of carbonyl (C=O) groups is 1. The van der Waals surface area contributed by atoms with Crippen molar-refractivity contribution in [1.82, 2.24) is 15.2 Å². The number of nitrogens with one attached hydrogen (secondary N) is 1. The smallest absolute Gasteiger partial charge is 0.298 e. The van der Waals surface area contributed by atoms with E-state index in [1.165, 1.54) is 0 Å². The first kappa shape index (κ1) is 15.4. The number of carbonyl (C=O) groups excluding carboxylic acids is 1. The number of hydrogen-bond acceptors (Lipinski definition) is 6. The molecule has 0 radical (unpaired) electrons. The molecular formula is C17H22N4O3. The minimum Gasteiger partial charge on any atom is -0.423 e. The number of aromatic nitrogens is 1. The predicted molar refractivity (Wildman–Crippen MR) is 90.0 cm³/mol. The maximum atomic E-state index is 12.4. The molecule has 1 atom stereocenters. The Kier molecular flexibility index (Phi) is 4.36. The highest BCUT2D eigenvalue weighted by Gasteiger charge is 2.26. The van der Waals surface area contributed by atoms with E-state index in [0.717, 1.165) is 37.3 Å². The van der Waals surface area contributed by atoms with Crippen molar-refractivity contribution < 1.29 is 13.9 Å². The second-order valence-corrected chi connectivity index (χ2v) is 6.26. The Balaban J connectivity index is 1.33. The number of rotatable bonds is 3. The van der Waals surface area contributed by atoms with Crippen LogP contribution in [-0.2, 0) is 9.53 Å². The predicted octanol–water partition coefficient (Wildman–Crippen LogP) is 0.855. The van der Waals surface area contributed by atoms with Crippen molar-refractivity contribution in [2.45, 2.75) is 12.5 Å². The summed E-state index contributed by atoms with van der Waals surface area (Å²) in [6, 6.07) is 8.55. The number of fused-ring (bicyclic) bond motifs is 1. The topological polar surface area (TPSA) is 70.8 Å². The van der Waals surface area contributed by atoms with E-state index in [2.05, 4.69) is 15.2 Å². The van der Waals surface area contributed by atoms with Gasteiger partial charge in [0.1, 0.15) is 5.52 Å². The average molecular weight is 330 g/mol. The Morgan fingerprint density at radius 1 is 1.25 bits per heavy atom. The van der Waals surface area contributed by atoms with Gasteiger partial charge in [-0.05, 0) is 12.1 Å². The van der Waals surface area contributed by atoms with Crippen LogP contribution in [0.2, 0.25) is 0 Å². The lowest BCUT2D eigenvalue weighted by Gasteiger charge is -2.35. The molecule has 1 N–H and O–H groups in total. The number of anilines is 1. The van der Waals surface area contributed by atoms with Gasteiger partial charge in [0.25, 0.3) is 6.01 Å². The summed E-state index contributed by atoms with van der Waals surface area (Å²) in [5, 5.41) is 3.33. The second kappa shape index (κ2) is 6.78. The largest absolute Gasteiger partial charge is 0.423 e. The van der Waals surface area contributed by atoms with Gasteiger partial charge >= 0.3 is 0 Å². The fraction of sp³-hybridized carbons (Fsp3) is 0.529. The molecule has 2 aromatic rings. The number of benzene rings is 1. The maximum Gasteiger partial charge on any atom is 0.298 e. The minimum atomic E-state index is 0.140. The molecule has 7 heteroatoms. The monoisotopic (exact) mass is 330 g/mol. The molecule has 0 aliphatic carbocycles. The van der Waals surface area contributed by atoms with Crippen molar-refractivity contribution >= 4 is 23.0 Å². The van der Waals surface area contributed by atoms with Gasteiger partial charge in [0.05, 0.1) is 13.2 Å². The summed E-state index contributed by atoms with van der Waals surface area (Å²) in [5.74, 6) is 0.190. The highest BCUT2D eigenvalue weighted by molar-refractivity contribution is 5.77. The third-order valence-corrected chi connectivity index (χ3v) is 4.60. The maximum absolute atomic E-state index is 12.4. The van der Waals surface area contributed by atoms with Crippen molar-refractivity contribution in [2.24, 2.45) is 0 Å². The van der Waals surface area contributed by atoms with Crippen molar-refractivity contribution in [3.63, 3.8) is 0 Å². The summed E-state index contributed by atoms with van der Waals surface area (Å²) < 4.78 is 11.2. The van der Waals surface area contributed by atoms with Crippen LogP contribution in [-0.4, -0.2) is 67.8 Å². The molecule has 1 aromatic carbocycles. The lowest BCUT2D eigenvalue weighted by atomic mass is 10.1. The summed E-state index contributed by atoms with van der Waals surface area (Å²) in [6.45, 7) is 5.06. The lowest BCUT2D eigenvalue weighted by Crippen LogP contribution is -2.51. The van der Waals surface area contributed by atoms with Crippen LogP contribution in [0.15, 0.2) is 28.7 Å². The van der Waals surface area contributed by atoms with E-state index in [9.17, 15) is 4.79 Å². The van der Waals surface area contributed by atoms with Gasteiger partial charge in [-0.2, -0.15) is 4.98 Å². The lowest BCUT2D eigenvalue weighted by molar-refractivity contribution is -0.132. The summed E-state index contributed by atoms with van der Waals surface area (Å²) in [6.07, 6.45) is 0.503.